The molecule has 0 aliphatic carbocycles. The van der Waals surface area contributed by atoms with Crippen LogP contribution < -0.4 is 10.2 Å². The van der Waals surface area contributed by atoms with E-state index >= 15 is 0 Å². The lowest BCUT2D eigenvalue weighted by Crippen LogP contribution is -2.50. The number of anilines is 1. The third-order valence-corrected chi connectivity index (χ3v) is 8.72. The molecule has 2 aromatic rings. The average molecular weight is 503 g/mol. The molecule has 2 fully saturated rings. The lowest BCUT2D eigenvalue weighted by Gasteiger charge is -2.34. The van der Waals surface area contributed by atoms with Gasteiger partial charge in [0.2, 0.25) is 21.8 Å². The van der Waals surface area contributed by atoms with E-state index in [4.69, 9.17) is 0 Å². The minimum absolute atomic E-state index is 0.0492. The van der Waals surface area contributed by atoms with Crippen LogP contribution in [-0.4, -0.2) is 75.3 Å². The second kappa shape index (κ2) is 10.4. The van der Waals surface area contributed by atoms with Crippen molar-refractivity contribution in [2.45, 2.75) is 25.2 Å². The zero-order valence-electron chi connectivity index (χ0n) is 20.0. The zero-order chi connectivity index (χ0) is 25.2. The Balaban J connectivity index is 1.22. The Kier molecular flexibility index (Phi) is 7.53. The number of halogens is 1. The Morgan fingerprint density at radius 2 is 1.71 bits per heavy atom. The van der Waals surface area contributed by atoms with E-state index in [1.807, 2.05) is 32.0 Å². The predicted octanol–water partition coefficient (Wildman–Crippen LogP) is 1.92. The summed E-state index contributed by atoms with van der Waals surface area (Å²) >= 11 is 0. The van der Waals surface area contributed by atoms with Crippen LogP contribution in [0.2, 0.25) is 0 Å². The number of hydrogen-bond acceptors (Lipinski definition) is 5. The van der Waals surface area contributed by atoms with Crippen molar-refractivity contribution in [3.05, 3.63) is 59.4 Å². The first-order chi connectivity index (χ1) is 16.6. The molecule has 1 atom stereocenters. The van der Waals surface area contributed by atoms with Gasteiger partial charge in [0.05, 0.1) is 10.8 Å². The first-order valence-corrected chi connectivity index (χ1v) is 13.2. The van der Waals surface area contributed by atoms with Crippen LogP contribution in [0, 0.1) is 25.6 Å². The van der Waals surface area contributed by atoms with Gasteiger partial charge in [-0.3, -0.25) is 14.5 Å². The van der Waals surface area contributed by atoms with Gasteiger partial charge in [-0.15, -0.1) is 0 Å². The van der Waals surface area contributed by atoms with Crippen molar-refractivity contribution in [2.75, 3.05) is 50.7 Å². The highest BCUT2D eigenvalue weighted by Gasteiger charge is 2.35. The van der Waals surface area contributed by atoms with Crippen LogP contribution in [0.1, 0.15) is 17.5 Å². The van der Waals surface area contributed by atoms with Gasteiger partial charge in [0.15, 0.2) is 0 Å². The quantitative estimate of drug-likeness (QED) is 0.625. The number of amides is 2. The molecule has 1 N–H and O–H groups in total. The van der Waals surface area contributed by atoms with E-state index in [0.29, 0.717) is 45.8 Å². The molecule has 10 heteroatoms. The summed E-state index contributed by atoms with van der Waals surface area (Å²) in [5.41, 5.74) is 3.08. The van der Waals surface area contributed by atoms with Crippen LogP contribution in [0.4, 0.5) is 10.1 Å². The van der Waals surface area contributed by atoms with E-state index in [-0.39, 0.29) is 29.0 Å². The Morgan fingerprint density at radius 1 is 1.03 bits per heavy atom. The monoisotopic (exact) mass is 502 g/mol. The standard InChI is InChI=1S/C25H31FN4O4S/c1-18-3-6-22(15-19(18)2)30-17-20(16-24(30)31)25(32)27-9-10-28-11-13-29(14-12-28)35(33,34)23-7-4-21(26)5-8-23/h3-8,15,20H,9-14,16-17H2,1-2H3,(H,27,32). The summed E-state index contributed by atoms with van der Waals surface area (Å²) in [6, 6.07) is 10.7. The van der Waals surface area contributed by atoms with E-state index in [0.717, 1.165) is 28.9 Å². The maximum Gasteiger partial charge on any atom is 0.243 e. The van der Waals surface area contributed by atoms with Crippen LogP contribution >= 0.6 is 0 Å². The Hall–Kier alpha value is -2.82. The van der Waals surface area contributed by atoms with Crippen LogP contribution in [0.15, 0.2) is 47.4 Å². The van der Waals surface area contributed by atoms with Crippen molar-refractivity contribution in [3.63, 3.8) is 0 Å². The van der Waals surface area contributed by atoms with E-state index in [2.05, 4.69) is 10.2 Å². The first-order valence-electron chi connectivity index (χ1n) is 11.8. The van der Waals surface area contributed by atoms with Crippen molar-refractivity contribution in [3.8, 4) is 0 Å². The lowest BCUT2D eigenvalue weighted by atomic mass is 10.1. The molecule has 4 rings (SSSR count). The molecule has 0 bridgehead atoms. The van der Waals surface area contributed by atoms with Crippen LogP contribution in [0.3, 0.4) is 0 Å². The third-order valence-electron chi connectivity index (χ3n) is 6.81. The fourth-order valence-electron chi connectivity index (χ4n) is 4.46. The summed E-state index contributed by atoms with van der Waals surface area (Å²) in [7, 11) is -3.65. The van der Waals surface area contributed by atoms with Gasteiger partial charge in [-0.05, 0) is 61.4 Å². The maximum absolute atomic E-state index is 13.1. The molecule has 8 nitrogen and oxygen atoms in total. The summed E-state index contributed by atoms with van der Waals surface area (Å²) in [6.07, 6.45) is 0.193. The molecule has 2 aromatic carbocycles. The molecule has 2 aliphatic rings. The molecule has 0 aromatic heterocycles. The lowest BCUT2D eigenvalue weighted by molar-refractivity contribution is -0.126. The molecule has 2 heterocycles. The van der Waals surface area contributed by atoms with Gasteiger partial charge in [0.1, 0.15) is 5.82 Å². The summed E-state index contributed by atoms with van der Waals surface area (Å²) in [5, 5.41) is 2.93. The van der Waals surface area contributed by atoms with Gasteiger partial charge < -0.3 is 10.2 Å². The number of carbonyl (C=O) groups excluding carboxylic acids is 2. The molecular weight excluding hydrogens is 471 g/mol. The van der Waals surface area contributed by atoms with Gasteiger partial charge in [0.25, 0.3) is 0 Å². The average Bonchev–Trinajstić information content (AvgIpc) is 3.23. The number of benzene rings is 2. The topological polar surface area (TPSA) is 90.0 Å². The Bertz CT molecular complexity index is 1190. The Labute approximate surface area is 205 Å². The van der Waals surface area contributed by atoms with Crippen LogP contribution in [0.5, 0.6) is 0 Å². The molecule has 0 spiro atoms. The molecule has 2 saturated heterocycles. The van der Waals surface area contributed by atoms with Gasteiger partial charge in [-0.25, -0.2) is 12.8 Å². The first kappa shape index (κ1) is 25.3. The highest BCUT2D eigenvalue weighted by Crippen LogP contribution is 2.27. The normalized spacial score (nSPS) is 19.8. The number of nitrogens with one attached hydrogen (secondary N) is 1. The van der Waals surface area contributed by atoms with Gasteiger partial charge in [0, 0.05) is 57.9 Å². The molecule has 2 amide bonds. The summed E-state index contributed by atoms with van der Waals surface area (Å²) < 4.78 is 40.0. The molecular formula is C25H31FN4O4S. The van der Waals surface area contributed by atoms with E-state index in [1.54, 1.807) is 4.90 Å². The molecule has 35 heavy (non-hydrogen) atoms. The number of piperazine rings is 1. The van der Waals surface area contributed by atoms with Crippen molar-refractivity contribution in [1.82, 2.24) is 14.5 Å². The largest absolute Gasteiger partial charge is 0.355 e. The Morgan fingerprint density at radius 3 is 2.37 bits per heavy atom. The summed E-state index contributed by atoms with van der Waals surface area (Å²) in [5.74, 6) is -1.05. The smallest absolute Gasteiger partial charge is 0.243 e. The van der Waals surface area contributed by atoms with Crippen LogP contribution in [-0.2, 0) is 19.6 Å². The number of nitrogens with zero attached hydrogens (tertiary/aromatic N) is 3. The van der Waals surface area contributed by atoms with Crippen molar-refractivity contribution >= 4 is 27.5 Å². The highest BCUT2D eigenvalue weighted by atomic mass is 32.2. The number of rotatable bonds is 7. The minimum atomic E-state index is -3.65. The van der Waals surface area contributed by atoms with Gasteiger partial charge in [-0.1, -0.05) is 6.07 Å². The third kappa shape index (κ3) is 5.71. The number of hydrogen-bond donors (Lipinski definition) is 1. The van der Waals surface area contributed by atoms with Crippen molar-refractivity contribution in [2.24, 2.45) is 5.92 Å². The predicted molar refractivity (Wildman–Crippen MR) is 131 cm³/mol. The summed E-state index contributed by atoms with van der Waals surface area (Å²) in [6.45, 7) is 7.15. The number of carbonyl (C=O) groups is 2. The minimum Gasteiger partial charge on any atom is -0.355 e. The fraction of sp³-hybridized carbons (Fsp3) is 0.440. The molecule has 0 radical (unpaired) electrons. The summed E-state index contributed by atoms with van der Waals surface area (Å²) in [4.78, 5) is 29.0. The molecule has 0 saturated carbocycles. The SMILES string of the molecule is Cc1ccc(N2CC(C(=O)NCCN3CCN(S(=O)(=O)c4ccc(F)cc4)CC3)CC2=O)cc1C. The van der Waals surface area contributed by atoms with Crippen molar-refractivity contribution in [1.29, 1.82) is 0 Å². The fourth-order valence-corrected chi connectivity index (χ4v) is 5.88. The zero-order valence-corrected chi connectivity index (χ0v) is 20.9. The maximum atomic E-state index is 13.1. The molecule has 188 valence electrons. The van der Waals surface area contributed by atoms with E-state index < -0.39 is 15.8 Å². The van der Waals surface area contributed by atoms with E-state index in [9.17, 15) is 22.4 Å². The van der Waals surface area contributed by atoms with Crippen molar-refractivity contribution < 1.29 is 22.4 Å². The van der Waals surface area contributed by atoms with Gasteiger partial charge in [-0.2, -0.15) is 4.31 Å². The number of aryl methyl sites for hydroxylation is 2. The van der Waals surface area contributed by atoms with E-state index in [1.165, 1.54) is 16.4 Å². The molecule has 1 unspecified atom stereocenters. The highest BCUT2D eigenvalue weighted by molar-refractivity contribution is 7.89. The van der Waals surface area contributed by atoms with Gasteiger partial charge >= 0.3 is 0 Å². The van der Waals surface area contributed by atoms with Crippen LogP contribution in [0.25, 0.3) is 0 Å². The second-order valence-corrected chi connectivity index (χ2v) is 11.1. The second-order valence-electron chi connectivity index (χ2n) is 9.16. The number of sulfonamides is 1. The molecule has 2 aliphatic heterocycles.